The molecule has 0 amide bonds. The first kappa shape index (κ1) is 14.7. The number of oxime groups is 1. The van der Waals surface area contributed by atoms with Gasteiger partial charge in [0.1, 0.15) is 6.10 Å². The normalized spacial score (nSPS) is 24.5. The topological polar surface area (TPSA) is 65.0 Å². The summed E-state index contributed by atoms with van der Waals surface area (Å²) in [6.45, 7) is 5.27. The van der Waals surface area contributed by atoms with Crippen LogP contribution in [0.5, 0.6) is 0 Å². The van der Waals surface area contributed by atoms with Crippen molar-refractivity contribution in [2.24, 2.45) is 11.1 Å². The number of hydrogen-bond donors (Lipinski definition) is 0. The fraction of sp³-hybridized carbons (Fsp3) is 0.769. The fourth-order valence-corrected chi connectivity index (χ4v) is 2.00. The van der Waals surface area contributed by atoms with E-state index in [0.29, 0.717) is 5.92 Å². The molecule has 1 saturated carbocycles. The van der Waals surface area contributed by atoms with Gasteiger partial charge in [-0.3, -0.25) is 4.79 Å². The highest BCUT2D eigenvalue weighted by Crippen LogP contribution is 2.26. The number of rotatable bonds is 5. The summed E-state index contributed by atoms with van der Waals surface area (Å²) in [5.74, 6) is -0.747. The van der Waals surface area contributed by atoms with Crippen molar-refractivity contribution in [1.82, 2.24) is 0 Å². The van der Waals surface area contributed by atoms with E-state index in [1.54, 1.807) is 6.92 Å². The van der Waals surface area contributed by atoms with Crippen molar-refractivity contribution in [2.45, 2.75) is 52.6 Å². The Morgan fingerprint density at radius 2 is 1.94 bits per heavy atom. The second-order valence-corrected chi connectivity index (χ2v) is 4.62. The van der Waals surface area contributed by atoms with Crippen LogP contribution in [0.4, 0.5) is 0 Å². The lowest BCUT2D eigenvalue weighted by Gasteiger charge is -2.26. The molecule has 0 unspecified atom stereocenters. The zero-order valence-corrected chi connectivity index (χ0v) is 11.3. The summed E-state index contributed by atoms with van der Waals surface area (Å²) in [4.78, 5) is 28.1. The first-order valence-corrected chi connectivity index (χ1v) is 6.48. The fourth-order valence-electron chi connectivity index (χ4n) is 2.00. The summed E-state index contributed by atoms with van der Waals surface area (Å²) in [6.07, 6.45) is 4.29. The van der Waals surface area contributed by atoms with Crippen LogP contribution < -0.4 is 0 Å². The second kappa shape index (κ2) is 7.13. The molecule has 0 radical (unpaired) electrons. The predicted octanol–water partition coefficient (Wildman–Crippen LogP) is 2.09. The molecule has 0 N–H and O–H groups in total. The zero-order valence-electron chi connectivity index (χ0n) is 11.3. The molecule has 0 aromatic heterocycles. The van der Waals surface area contributed by atoms with Crippen molar-refractivity contribution in [3.8, 4) is 0 Å². The third kappa shape index (κ3) is 4.13. The quantitative estimate of drug-likeness (QED) is 0.326. The van der Waals surface area contributed by atoms with Gasteiger partial charge in [0.2, 0.25) is 5.71 Å². The van der Waals surface area contributed by atoms with E-state index in [-0.39, 0.29) is 18.4 Å². The number of Topliss-reactive ketones (excluding diaryl/α,β-unsaturated/α-hetero) is 1. The van der Waals surface area contributed by atoms with Crippen LogP contribution in [0.25, 0.3) is 0 Å². The van der Waals surface area contributed by atoms with Gasteiger partial charge in [-0.2, -0.15) is 0 Å². The van der Waals surface area contributed by atoms with E-state index in [1.165, 1.54) is 13.3 Å². The molecule has 0 bridgehead atoms. The minimum Gasteiger partial charge on any atom is -0.461 e. The largest absolute Gasteiger partial charge is 0.461 e. The van der Waals surface area contributed by atoms with E-state index >= 15 is 0 Å². The van der Waals surface area contributed by atoms with Crippen molar-refractivity contribution in [1.29, 1.82) is 0 Å². The van der Waals surface area contributed by atoms with Gasteiger partial charge in [0.15, 0.2) is 5.78 Å². The Morgan fingerprint density at radius 3 is 2.50 bits per heavy atom. The molecule has 1 aliphatic rings. The van der Waals surface area contributed by atoms with E-state index in [9.17, 15) is 9.59 Å². The first-order valence-electron chi connectivity index (χ1n) is 6.48. The molecule has 5 heteroatoms. The second-order valence-electron chi connectivity index (χ2n) is 4.62. The molecule has 0 aliphatic heterocycles. The maximum Gasteiger partial charge on any atom is 0.364 e. The van der Waals surface area contributed by atoms with Crippen LogP contribution in [0.3, 0.4) is 0 Å². The van der Waals surface area contributed by atoms with Gasteiger partial charge < -0.3 is 9.57 Å². The van der Waals surface area contributed by atoms with Crippen molar-refractivity contribution in [3.63, 3.8) is 0 Å². The smallest absolute Gasteiger partial charge is 0.364 e. The number of ether oxygens (including phenoxy) is 1. The monoisotopic (exact) mass is 255 g/mol. The summed E-state index contributed by atoms with van der Waals surface area (Å²) in [5, 5.41) is 3.71. The zero-order chi connectivity index (χ0) is 13.5. The van der Waals surface area contributed by atoms with Gasteiger partial charge in [-0.05, 0) is 32.1 Å². The van der Waals surface area contributed by atoms with Crippen LogP contribution in [0.2, 0.25) is 0 Å². The standard InChI is InChI=1S/C13H21NO4/c1-4-17-13(16)12(10(3)15)14-18-11-8-6-5-7-9(11)2/h9,11H,4-8H2,1-3H3/b14-12+/t9-,11-/m1/s1. The molecule has 0 aromatic rings. The minimum absolute atomic E-state index is 0.0115. The molecule has 2 atom stereocenters. The molecular weight excluding hydrogens is 234 g/mol. The molecule has 1 aliphatic carbocycles. The molecule has 1 fully saturated rings. The minimum atomic E-state index is -0.714. The highest BCUT2D eigenvalue weighted by molar-refractivity contribution is 6.63. The molecule has 0 heterocycles. The van der Waals surface area contributed by atoms with Crippen LogP contribution in [0.15, 0.2) is 5.16 Å². The number of carbonyl (C=O) groups is 2. The summed E-state index contributed by atoms with van der Waals surface area (Å²) in [7, 11) is 0. The van der Waals surface area contributed by atoms with Crippen molar-refractivity contribution >= 4 is 17.5 Å². The molecule has 1 rings (SSSR count). The molecule has 0 spiro atoms. The Kier molecular flexibility index (Phi) is 5.82. The molecular formula is C13H21NO4. The van der Waals surface area contributed by atoms with Crippen molar-refractivity contribution in [2.75, 3.05) is 6.61 Å². The first-order chi connectivity index (χ1) is 8.56. The van der Waals surface area contributed by atoms with Gasteiger partial charge in [0.25, 0.3) is 0 Å². The Hall–Kier alpha value is -1.39. The SMILES string of the molecule is CCOC(=O)/C(=N/O[C@@H]1CCCC[C@H]1C)C(C)=O. The van der Waals surface area contributed by atoms with Gasteiger partial charge in [-0.25, -0.2) is 4.79 Å². The molecule has 0 aromatic carbocycles. The number of nitrogens with zero attached hydrogens (tertiary/aromatic N) is 1. The molecule has 18 heavy (non-hydrogen) atoms. The number of carbonyl (C=O) groups excluding carboxylic acids is 2. The predicted molar refractivity (Wildman–Crippen MR) is 67.3 cm³/mol. The maximum atomic E-state index is 11.5. The van der Waals surface area contributed by atoms with E-state index < -0.39 is 11.8 Å². The maximum absolute atomic E-state index is 11.5. The summed E-state index contributed by atoms with van der Waals surface area (Å²) < 4.78 is 4.76. The van der Waals surface area contributed by atoms with Crippen LogP contribution in [0.1, 0.15) is 46.5 Å². The number of ketones is 1. The van der Waals surface area contributed by atoms with Crippen LogP contribution in [-0.2, 0) is 19.2 Å². The summed E-state index contributed by atoms with van der Waals surface area (Å²) in [6, 6.07) is 0. The Labute approximate surface area is 108 Å². The van der Waals surface area contributed by atoms with Gasteiger partial charge >= 0.3 is 5.97 Å². The lowest BCUT2D eigenvalue weighted by Crippen LogP contribution is -2.28. The number of esters is 1. The summed E-state index contributed by atoms with van der Waals surface area (Å²) >= 11 is 0. The van der Waals surface area contributed by atoms with Crippen molar-refractivity contribution in [3.05, 3.63) is 0 Å². The van der Waals surface area contributed by atoms with Gasteiger partial charge in [0.05, 0.1) is 6.61 Å². The van der Waals surface area contributed by atoms with E-state index in [0.717, 1.165) is 19.3 Å². The van der Waals surface area contributed by atoms with Crippen LogP contribution in [0, 0.1) is 5.92 Å². The van der Waals surface area contributed by atoms with Crippen LogP contribution in [-0.4, -0.2) is 30.2 Å². The molecule has 5 nitrogen and oxygen atoms in total. The highest BCUT2D eigenvalue weighted by atomic mass is 16.6. The van der Waals surface area contributed by atoms with Crippen molar-refractivity contribution < 1.29 is 19.2 Å². The lowest BCUT2D eigenvalue weighted by molar-refractivity contribution is -0.136. The third-order valence-corrected chi connectivity index (χ3v) is 3.11. The summed E-state index contributed by atoms with van der Waals surface area (Å²) in [5.41, 5.74) is -0.255. The van der Waals surface area contributed by atoms with Gasteiger partial charge in [0, 0.05) is 6.92 Å². The Bertz CT molecular complexity index is 338. The molecule has 102 valence electrons. The molecule has 0 saturated heterocycles. The van der Waals surface area contributed by atoms with E-state index in [1.807, 2.05) is 0 Å². The average Bonchev–Trinajstić information content (AvgIpc) is 2.31. The Balaban J connectivity index is 2.65. The van der Waals surface area contributed by atoms with E-state index in [4.69, 9.17) is 9.57 Å². The third-order valence-electron chi connectivity index (χ3n) is 3.11. The lowest BCUT2D eigenvalue weighted by atomic mass is 9.88. The highest BCUT2D eigenvalue weighted by Gasteiger charge is 2.25. The van der Waals surface area contributed by atoms with Crippen LogP contribution >= 0.6 is 0 Å². The number of hydrogen-bond acceptors (Lipinski definition) is 5. The van der Waals surface area contributed by atoms with Gasteiger partial charge in [-0.15, -0.1) is 0 Å². The van der Waals surface area contributed by atoms with Gasteiger partial charge in [-0.1, -0.05) is 18.5 Å². The van der Waals surface area contributed by atoms with E-state index in [2.05, 4.69) is 12.1 Å². The Morgan fingerprint density at radius 1 is 1.28 bits per heavy atom. The average molecular weight is 255 g/mol.